The fourth-order valence-electron chi connectivity index (χ4n) is 3.03. The molecule has 0 saturated carbocycles. The average molecular weight is 269 g/mol. The van der Waals surface area contributed by atoms with E-state index >= 15 is 0 Å². The van der Waals surface area contributed by atoms with E-state index in [0.29, 0.717) is 0 Å². The molecule has 1 heterocycles. The topological polar surface area (TPSA) is 18.5 Å². The van der Waals surface area contributed by atoms with Gasteiger partial charge in [0.1, 0.15) is 0 Å². The molecule has 3 nitrogen and oxygen atoms in total. The molecule has 1 saturated heterocycles. The number of hydrogen-bond donors (Lipinski definition) is 1. The van der Waals surface area contributed by atoms with Crippen molar-refractivity contribution < 1.29 is 0 Å². The first-order valence-corrected chi connectivity index (χ1v) is 8.23. The second-order valence-corrected chi connectivity index (χ2v) is 6.53. The molecule has 1 aliphatic heterocycles. The molecule has 0 amide bonds. The number of nitrogens with one attached hydrogen (secondary N) is 1. The molecule has 3 heteroatoms. The molecule has 0 aromatic heterocycles. The minimum absolute atomic E-state index is 0.728. The Morgan fingerprint density at radius 2 is 1.89 bits per heavy atom. The summed E-state index contributed by atoms with van der Waals surface area (Å²) in [7, 11) is 2.28. The zero-order valence-electron chi connectivity index (χ0n) is 13.8. The summed E-state index contributed by atoms with van der Waals surface area (Å²) < 4.78 is 0. The largest absolute Gasteiger partial charge is 0.315 e. The SMILES string of the molecule is CCCC(CNCC(C)C)N1CCN(C)C(CC)C1. The summed E-state index contributed by atoms with van der Waals surface area (Å²) in [5.74, 6) is 0.748. The molecule has 1 N–H and O–H groups in total. The Morgan fingerprint density at radius 3 is 2.47 bits per heavy atom. The van der Waals surface area contributed by atoms with E-state index < -0.39 is 0 Å². The highest BCUT2D eigenvalue weighted by molar-refractivity contribution is 4.84. The minimum atomic E-state index is 0.728. The van der Waals surface area contributed by atoms with E-state index in [1.807, 2.05) is 0 Å². The van der Waals surface area contributed by atoms with Gasteiger partial charge < -0.3 is 10.2 Å². The van der Waals surface area contributed by atoms with Crippen molar-refractivity contribution >= 4 is 0 Å². The van der Waals surface area contributed by atoms with Gasteiger partial charge in [0.2, 0.25) is 0 Å². The predicted octanol–water partition coefficient (Wildman–Crippen LogP) is 2.43. The van der Waals surface area contributed by atoms with E-state index in [-0.39, 0.29) is 0 Å². The van der Waals surface area contributed by atoms with Gasteiger partial charge in [-0.05, 0) is 32.4 Å². The van der Waals surface area contributed by atoms with E-state index in [1.165, 1.54) is 38.9 Å². The van der Waals surface area contributed by atoms with E-state index in [9.17, 15) is 0 Å². The third kappa shape index (κ3) is 5.80. The fourth-order valence-corrected chi connectivity index (χ4v) is 3.03. The van der Waals surface area contributed by atoms with E-state index in [2.05, 4.69) is 49.9 Å². The van der Waals surface area contributed by atoms with Crippen molar-refractivity contribution in [1.82, 2.24) is 15.1 Å². The predicted molar refractivity (Wildman–Crippen MR) is 84.7 cm³/mol. The highest BCUT2D eigenvalue weighted by Crippen LogP contribution is 2.15. The summed E-state index contributed by atoms with van der Waals surface area (Å²) in [6.45, 7) is 15.2. The van der Waals surface area contributed by atoms with Crippen LogP contribution in [0.15, 0.2) is 0 Å². The summed E-state index contributed by atoms with van der Waals surface area (Å²) in [5.41, 5.74) is 0. The number of likely N-dealkylation sites (N-methyl/N-ethyl adjacent to an activating group) is 1. The van der Waals surface area contributed by atoms with Crippen LogP contribution in [0.3, 0.4) is 0 Å². The highest BCUT2D eigenvalue weighted by atomic mass is 15.3. The molecule has 0 spiro atoms. The molecule has 19 heavy (non-hydrogen) atoms. The van der Waals surface area contributed by atoms with Crippen LogP contribution in [0, 0.1) is 5.92 Å². The molecule has 0 aromatic rings. The summed E-state index contributed by atoms with van der Waals surface area (Å²) >= 11 is 0. The van der Waals surface area contributed by atoms with Gasteiger partial charge >= 0.3 is 0 Å². The third-order valence-electron chi connectivity index (χ3n) is 4.35. The Labute approximate surface area is 120 Å². The van der Waals surface area contributed by atoms with Crippen molar-refractivity contribution in [3.05, 3.63) is 0 Å². The lowest BCUT2D eigenvalue weighted by atomic mass is 10.0. The van der Waals surface area contributed by atoms with Gasteiger partial charge in [-0.15, -0.1) is 0 Å². The van der Waals surface area contributed by atoms with Gasteiger partial charge in [-0.1, -0.05) is 34.1 Å². The van der Waals surface area contributed by atoms with Gasteiger partial charge in [0.15, 0.2) is 0 Å². The van der Waals surface area contributed by atoms with Gasteiger partial charge in [-0.2, -0.15) is 0 Å². The molecule has 1 fully saturated rings. The number of rotatable bonds is 8. The molecular weight excluding hydrogens is 234 g/mol. The van der Waals surface area contributed by atoms with Crippen molar-refractivity contribution in [3.8, 4) is 0 Å². The van der Waals surface area contributed by atoms with Gasteiger partial charge in [0.05, 0.1) is 0 Å². The van der Waals surface area contributed by atoms with Gasteiger partial charge in [-0.3, -0.25) is 4.90 Å². The standard InChI is InChI=1S/C16H35N3/c1-6-8-16(12-17-11-14(3)4)19-10-9-18(5)15(7-2)13-19/h14-17H,6-13H2,1-5H3. The molecule has 1 aliphatic rings. The normalized spacial score (nSPS) is 24.0. The quantitative estimate of drug-likeness (QED) is 0.730. The molecule has 0 aliphatic carbocycles. The molecular formula is C16H35N3. The Kier molecular flexibility index (Phi) is 7.96. The monoisotopic (exact) mass is 269 g/mol. The third-order valence-corrected chi connectivity index (χ3v) is 4.35. The first-order valence-electron chi connectivity index (χ1n) is 8.23. The van der Waals surface area contributed by atoms with Crippen LogP contribution in [-0.2, 0) is 0 Å². The molecule has 0 bridgehead atoms. The molecule has 0 radical (unpaired) electrons. The first-order chi connectivity index (χ1) is 9.08. The highest BCUT2D eigenvalue weighted by Gasteiger charge is 2.27. The average Bonchev–Trinajstić information content (AvgIpc) is 2.38. The second-order valence-electron chi connectivity index (χ2n) is 6.53. The zero-order chi connectivity index (χ0) is 14.3. The summed E-state index contributed by atoms with van der Waals surface area (Å²) in [4.78, 5) is 5.26. The minimum Gasteiger partial charge on any atom is -0.315 e. The molecule has 114 valence electrons. The van der Waals surface area contributed by atoms with Crippen molar-refractivity contribution in [2.75, 3.05) is 39.8 Å². The number of nitrogens with zero attached hydrogens (tertiary/aromatic N) is 2. The van der Waals surface area contributed by atoms with E-state index in [1.54, 1.807) is 0 Å². The van der Waals surface area contributed by atoms with Crippen LogP contribution in [0.2, 0.25) is 0 Å². The number of piperazine rings is 1. The summed E-state index contributed by atoms with van der Waals surface area (Å²) in [5, 5.41) is 3.66. The molecule has 2 atom stereocenters. The maximum absolute atomic E-state index is 3.66. The van der Waals surface area contributed by atoms with Gasteiger partial charge in [0, 0.05) is 38.3 Å². The van der Waals surface area contributed by atoms with Gasteiger partial charge in [0.25, 0.3) is 0 Å². The molecule has 1 rings (SSSR count). The zero-order valence-corrected chi connectivity index (χ0v) is 13.8. The van der Waals surface area contributed by atoms with Crippen LogP contribution >= 0.6 is 0 Å². The van der Waals surface area contributed by atoms with Crippen LogP contribution in [-0.4, -0.2) is 61.7 Å². The van der Waals surface area contributed by atoms with Crippen molar-refractivity contribution in [3.63, 3.8) is 0 Å². The smallest absolute Gasteiger partial charge is 0.0221 e. The maximum atomic E-state index is 3.66. The maximum Gasteiger partial charge on any atom is 0.0221 e. The molecule has 0 aromatic carbocycles. The van der Waals surface area contributed by atoms with Gasteiger partial charge in [-0.25, -0.2) is 0 Å². The fraction of sp³-hybridized carbons (Fsp3) is 1.00. The van der Waals surface area contributed by atoms with Crippen molar-refractivity contribution in [2.24, 2.45) is 5.92 Å². The van der Waals surface area contributed by atoms with Crippen LogP contribution in [0.25, 0.3) is 0 Å². The van der Waals surface area contributed by atoms with Crippen LogP contribution in [0.5, 0.6) is 0 Å². The Hall–Kier alpha value is -0.120. The second kappa shape index (κ2) is 8.93. The molecule has 2 unspecified atom stereocenters. The Bertz CT molecular complexity index is 230. The van der Waals surface area contributed by atoms with Crippen molar-refractivity contribution in [2.45, 2.75) is 59.0 Å². The lowest BCUT2D eigenvalue weighted by Gasteiger charge is -2.43. The van der Waals surface area contributed by atoms with Crippen molar-refractivity contribution in [1.29, 1.82) is 0 Å². The summed E-state index contributed by atoms with van der Waals surface area (Å²) in [6, 6.07) is 1.48. The summed E-state index contributed by atoms with van der Waals surface area (Å²) in [6.07, 6.45) is 3.88. The first kappa shape index (κ1) is 16.9. The van der Waals surface area contributed by atoms with E-state index in [0.717, 1.165) is 31.1 Å². The Morgan fingerprint density at radius 1 is 1.16 bits per heavy atom. The van der Waals surface area contributed by atoms with Crippen LogP contribution in [0.1, 0.15) is 47.0 Å². The lowest BCUT2D eigenvalue weighted by molar-refractivity contribution is 0.0587. The number of hydrogen-bond acceptors (Lipinski definition) is 3. The van der Waals surface area contributed by atoms with E-state index in [4.69, 9.17) is 0 Å². The lowest BCUT2D eigenvalue weighted by Crippen LogP contribution is -2.56. The van der Waals surface area contributed by atoms with Crippen LogP contribution < -0.4 is 5.32 Å². The van der Waals surface area contributed by atoms with Crippen LogP contribution in [0.4, 0.5) is 0 Å². The Balaban J connectivity index is 2.45.